The minimum atomic E-state index is -0.489. The molecule has 1 fully saturated rings. The Morgan fingerprint density at radius 1 is 1.32 bits per heavy atom. The summed E-state index contributed by atoms with van der Waals surface area (Å²) in [5.74, 6) is -0.255. The van der Waals surface area contributed by atoms with Crippen LogP contribution in [0.25, 0.3) is 0 Å². The Balaban J connectivity index is 2.43. The number of hydrogen-bond donors (Lipinski definition) is 2. The maximum absolute atomic E-state index is 11.8. The fraction of sp³-hybridized carbons (Fsp3) is 0.857. The van der Waals surface area contributed by atoms with Crippen LogP contribution in [0.4, 0.5) is 0 Å². The van der Waals surface area contributed by atoms with Gasteiger partial charge in [-0.25, -0.2) is 0 Å². The number of rotatable bonds is 3. The van der Waals surface area contributed by atoms with E-state index in [-0.39, 0.29) is 24.3 Å². The first-order chi connectivity index (χ1) is 8.60. The molecule has 0 unspecified atom stereocenters. The highest BCUT2D eigenvalue weighted by Gasteiger charge is 2.35. The third-order valence-corrected chi connectivity index (χ3v) is 3.31. The van der Waals surface area contributed by atoms with Gasteiger partial charge in [0, 0.05) is 18.5 Å². The van der Waals surface area contributed by atoms with E-state index in [1.165, 1.54) is 6.92 Å². The average molecular weight is 270 g/mol. The van der Waals surface area contributed by atoms with Crippen molar-refractivity contribution in [3.63, 3.8) is 0 Å². The molecule has 0 atom stereocenters. The number of ether oxygens (including phenoxy) is 1. The van der Waals surface area contributed by atoms with Crippen LogP contribution in [0.1, 0.15) is 59.8 Å². The van der Waals surface area contributed by atoms with E-state index in [0.717, 1.165) is 25.7 Å². The first kappa shape index (κ1) is 16.0. The number of amides is 1. The van der Waals surface area contributed by atoms with Gasteiger partial charge >= 0.3 is 5.97 Å². The van der Waals surface area contributed by atoms with Crippen LogP contribution in [0.5, 0.6) is 0 Å². The van der Waals surface area contributed by atoms with Gasteiger partial charge in [0.25, 0.3) is 0 Å². The lowest BCUT2D eigenvalue weighted by atomic mass is 9.78. The van der Waals surface area contributed by atoms with Crippen LogP contribution >= 0.6 is 0 Å². The van der Waals surface area contributed by atoms with Gasteiger partial charge in [-0.05, 0) is 46.5 Å². The Morgan fingerprint density at radius 3 is 2.26 bits per heavy atom. The monoisotopic (exact) mass is 270 g/mol. The molecule has 0 aromatic carbocycles. The molecule has 0 saturated heterocycles. The number of carbonyl (C=O) groups is 2. The summed E-state index contributed by atoms with van der Waals surface area (Å²) in [6.07, 6.45) is 3.35. The molecule has 5 heteroatoms. The molecule has 1 saturated carbocycles. The molecule has 0 aliphatic heterocycles. The lowest BCUT2D eigenvalue weighted by Gasteiger charge is -2.37. The van der Waals surface area contributed by atoms with Crippen molar-refractivity contribution in [3.8, 4) is 0 Å². The normalized spacial score (nSPS) is 27.7. The second-order valence-electron chi connectivity index (χ2n) is 6.60. The topological polar surface area (TPSA) is 81.4 Å². The predicted molar refractivity (Wildman–Crippen MR) is 73.5 cm³/mol. The van der Waals surface area contributed by atoms with E-state index in [0.29, 0.717) is 0 Å². The largest absolute Gasteiger partial charge is 0.460 e. The highest BCUT2D eigenvalue weighted by Crippen LogP contribution is 2.30. The summed E-state index contributed by atoms with van der Waals surface area (Å²) in [5, 5.41) is 2.90. The first-order valence-corrected chi connectivity index (χ1v) is 6.87. The Hall–Kier alpha value is -1.10. The van der Waals surface area contributed by atoms with E-state index < -0.39 is 11.1 Å². The number of esters is 1. The number of carbonyl (C=O) groups excluding carboxylic acids is 2. The van der Waals surface area contributed by atoms with Crippen LogP contribution < -0.4 is 11.1 Å². The minimum Gasteiger partial charge on any atom is -0.460 e. The summed E-state index contributed by atoms with van der Waals surface area (Å²) in [4.78, 5) is 22.8. The first-order valence-electron chi connectivity index (χ1n) is 6.87. The molecule has 0 radical (unpaired) electrons. The Bertz CT molecular complexity index is 339. The van der Waals surface area contributed by atoms with Crippen LogP contribution in [-0.2, 0) is 14.3 Å². The lowest BCUT2D eigenvalue weighted by Crippen LogP contribution is -2.49. The van der Waals surface area contributed by atoms with Gasteiger partial charge in [0.15, 0.2) is 0 Å². The summed E-state index contributed by atoms with van der Waals surface area (Å²) in [7, 11) is 0. The second-order valence-corrected chi connectivity index (χ2v) is 6.60. The molecule has 19 heavy (non-hydrogen) atoms. The van der Waals surface area contributed by atoms with E-state index in [4.69, 9.17) is 10.5 Å². The van der Waals surface area contributed by atoms with Gasteiger partial charge in [-0.2, -0.15) is 0 Å². The van der Waals surface area contributed by atoms with Crippen molar-refractivity contribution < 1.29 is 14.3 Å². The fourth-order valence-electron chi connectivity index (χ4n) is 2.47. The zero-order valence-electron chi connectivity index (χ0n) is 12.4. The van der Waals surface area contributed by atoms with Crippen LogP contribution in [0.15, 0.2) is 0 Å². The highest BCUT2D eigenvalue weighted by atomic mass is 16.6. The van der Waals surface area contributed by atoms with Gasteiger partial charge in [-0.15, -0.1) is 0 Å². The summed E-state index contributed by atoms with van der Waals surface area (Å²) >= 11 is 0. The molecule has 0 bridgehead atoms. The minimum absolute atomic E-state index is 0.0123. The van der Waals surface area contributed by atoms with E-state index in [2.05, 4.69) is 5.32 Å². The molecule has 0 aromatic heterocycles. The Kier molecular flexibility index (Phi) is 4.96. The molecule has 5 nitrogen and oxygen atoms in total. The van der Waals surface area contributed by atoms with Gasteiger partial charge < -0.3 is 15.8 Å². The van der Waals surface area contributed by atoms with Gasteiger partial charge in [-0.3, -0.25) is 9.59 Å². The number of nitrogens with two attached hydrogens (primary N) is 1. The number of hydrogen-bond acceptors (Lipinski definition) is 4. The van der Waals surface area contributed by atoms with E-state index in [1.807, 2.05) is 20.8 Å². The summed E-state index contributed by atoms with van der Waals surface area (Å²) in [6.45, 7) is 7.07. The van der Waals surface area contributed by atoms with Crippen molar-refractivity contribution in [2.45, 2.75) is 77.0 Å². The van der Waals surface area contributed by atoms with E-state index in [1.54, 1.807) is 0 Å². The van der Waals surface area contributed by atoms with E-state index >= 15 is 0 Å². The lowest BCUT2D eigenvalue weighted by molar-refractivity contribution is -0.156. The van der Waals surface area contributed by atoms with Crippen LogP contribution in [-0.4, -0.2) is 29.1 Å². The standard InChI is InChI=1S/C14H26N2O3/c1-10(17)16-11-5-7-14(15,8-6-11)9-12(18)19-13(2,3)4/h11H,5-9,15H2,1-4H3,(H,16,17). The third-order valence-electron chi connectivity index (χ3n) is 3.31. The Morgan fingerprint density at radius 2 is 1.84 bits per heavy atom. The van der Waals surface area contributed by atoms with Crippen molar-refractivity contribution in [1.29, 1.82) is 0 Å². The average Bonchev–Trinajstić information content (AvgIpc) is 2.17. The molecule has 110 valence electrons. The highest BCUT2D eigenvalue weighted by molar-refractivity contribution is 5.73. The SMILES string of the molecule is CC(=O)NC1CCC(N)(CC(=O)OC(C)(C)C)CC1. The number of nitrogens with one attached hydrogen (secondary N) is 1. The van der Waals surface area contributed by atoms with Gasteiger partial charge in [-0.1, -0.05) is 0 Å². The summed E-state index contributed by atoms with van der Waals surface area (Å²) in [6, 6.07) is 0.188. The third kappa shape index (κ3) is 6.05. The molecule has 1 rings (SSSR count). The molecule has 1 aliphatic rings. The van der Waals surface area contributed by atoms with Crippen LogP contribution in [0.2, 0.25) is 0 Å². The summed E-state index contributed by atoms with van der Waals surface area (Å²) < 4.78 is 5.31. The zero-order valence-corrected chi connectivity index (χ0v) is 12.4. The quantitative estimate of drug-likeness (QED) is 0.761. The van der Waals surface area contributed by atoms with Gasteiger partial charge in [0.1, 0.15) is 5.60 Å². The maximum atomic E-state index is 11.8. The van der Waals surface area contributed by atoms with Crippen molar-refractivity contribution in [3.05, 3.63) is 0 Å². The second kappa shape index (κ2) is 5.90. The van der Waals surface area contributed by atoms with Crippen molar-refractivity contribution >= 4 is 11.9 Å². The van der Waals surface area contributed by atoms with Crippen LogP contribution in [0, 0.1) is 0 Å². The van der Waals surface area contributed by atoms with Crippen LogP contribution in [0.3, 0.4) is 0 Å². The van der Waals surface area contributed by atoms with Gasteiger partial charge in [0.05, 0.1) is 6.42 Å². The maximum Gasteiger partial charge on any atom is 0.308 e. The summed E-state index contributed by atoms with van der Waals surface area (Å²) in [5.41, 5.74) is 5.30. The molecule has 1 aliphatic carbocycles. The molecule has 1 amide bonds. The van der Waals surface area contributed by atoms with Crippen molar-refractivity contribution in [1.82, 2.24) is 5.32 Å². The molecular formula is C14H26N2O3. The molecule has 0 spiro atoms. The van der Waals surface area contributed by atoms with Crippen molar-refractivity contribution in [2.75, 3.05) is 0 Å². The fourth-order valence-corrected chi connectivity index (χ4v) is 2.47. The smallest absolute Gasteiger partial charge is 0.308 e. The molecule has 0 aromatic rings. The molecule has 3 N–H and O–H groups in total. The Labute approximate surface area is 115 Å². The molecule has 0 heterocycles. The molecular weight excluding hydrogens is 244 g/mol. The van der Waals surface area contributed by atoms with Gasteiger partial charge in [0.2, 0.25) is 5.91 Å². The zero-order chi connectivity index (χ0) is 14.7. The predicted octanol–water partition coefficient (Wildman–Crippen LogP) is 1.49. The van der Waals surface area contributed by atoms with E-state index in [9.17, 15) is 9.59 Å². The van der Waals surface area contributed by atoms with Crippen molar-refractivity contribution in [2.24, 2.45) is 5.73 Å².